The fourth-order valence-corrected chi connectivity index (χ4v) is 3.84. The summed E-state index contributed by atoms with van der Waals surface area (Å²) in [5.41, 5.74) is 1.48. The molecule has 2 heterocycles. The molecule has 0 amide bonds. The maximum Gasteiger partial charge on any atom is 0.224 e. The van der Waals surface area contributed by atoms with Crippen molar-refractivity contribution in [1.29, 1.82) is 0 Å². The molecule has 130 valence electrons. The largest absolute Gasteiger partial charge is 0.339 e. The highest BCUT2D eigenvalue weighted by molar-refractivity contribution is 9.10. The third-order valence-electron chi connectivity index (χ3n) is 3.40. The Bertz CT molecular complexity index is 986. The van der Waals surface area contributed by atoms with E-state index in [0.29, 0.717) is 27.1 Å². The van der Waals surface area contributed by atoms with E-state index < -0.39 is 7.14 Å². The van der Waals surface area contributed by atoms with Crippen LogP contribution in [-0.4, -0.2) is 38.1 Å². The fraction of sp³-hybridized carbons (Fsp3) is 0.200. The summed E-state index contributed by atoms with van der Waals surface area (Å²) in [5, 5.41) is 8.27. The van der Waals surface area contributed by atoms with Gasteiger partial charge in [-0.05, 0) is 59.1 Å². The van der Waals surface area contributed by atoms with Gasteiger partial charge in [0.05, 0.1) is 10.2 Å². The number of anilines is 2. The molecule has 25 heavy (non-hydrogen) atoms. The molecule has 3 rings (SSSR count). The number of aromatic nitrogens is 5. The van der Waals surface area contributed by atoms with Crippen molar-refractivity contribution < 1.29 is 4.57 Å². The van der Waals surface area contributed by atoms with Crippen molar-refractivity contribution in [2.45, 2.75) is 0 Å². The molecule has 2 aromatic heterocycles. The summed E-state index contributed by atoms with van der Waals surface area (Å²) < 4.78 is 15.1. The molecule has 10 heteroatoms. The van der Waals surface area contributed by atoms with Crippen LogP contribution in [-0.2, 0) is 11.6 Å². The number of aryl methyl sites for hydroxylation is 1. The van der Waals surface area contributed by atoms with Gasteiger partial charge in [0.2, 0.25) is 5.28 Å². The first-order valence-electron chi connectivity index (χ1n) is 7.25. The van der Waals surface area contributed by atoms with Gasteiger partial charge in [-0.3, -0.25) is 4.68 Å². The minimum Gasteiger partial charge on any atom is -0.339 e. The molecule has 0 aliphatic heterocycles. The summed E-state index contributed by atoms with van der Waals surface area (Å²) in [6, 6.07) is 5.55. The van der Waals surface area contributed by atoms with Gasteiger partial charge in [-0.2, -0.15) is 10.1 Å². The highest BCUT2D eigenvalue weighted by atomic mass is 79.9. The first-order chi connectivity index (χ1) is 11.7. The Morgan fingerprint density at radius 2 is 2.04 bits per heavy atom. The Morgan fingerprint density at radius 1 is 1.28 bits per heavy atom. The number of benzene rings is 1. The molecule has 0 radical (unpaired) electrons. The van der Waals surface area contributed by atoms with Gasteiger partial charge in [0.1, 0.15) is 19.3 Å². The summed E-state index contributed by atoms with van der Waals surface area (Å²) >= 11 is 9.24. The molecule has 3 aromatic rings. The van der Waals surface area contributed by atoms with Crippen LogP contribution in [0.4, 0.5) is 11.5 Å². The lowest BCUT2D eigenvalue weighted by Gasteiger charge is -2.16. The predicted molar refractivity (Wildman–Crippen MR) is 104 cm³/mol. The lowest BCUT2D eigenvalue weighted by molar-refractivity contribution is 0.588. The Hall–Kier alpha value is -1.76. The molecule has 1 N–H and O–H groups in total. The minimum atomic E-state index is -2.58. The maximum absolute atomic E-state index is 12.8. The lowest BCUT2D eigenvalue weighted by Crippen LogP contribution is -2.11. The standard InChI is InChI=1S/C15H15BrClN6OP/c1-23-8-19-13(22-23)9-4-5-11(12(6-9)25(2,3)24)20-14-10(16)7-18-15(17)21-14/h4-8H,1-3H3,(H,18,20,21). The zero-order valence-corrected chi connectivity index (χ0v) is 17.0. The third-order valence-corrected chi connectivity index (χ3v) is 5.70. The smallest absolute Gasteiger partial charge is 0.224 e. The second kappa shape index (κ2) is 6.86. The van der Waals surface area contributed by atoms with Crippen molar-refractivity contribution in [2.24, 2.45) is 7.05 Å². The van der Waals surface area contributed by atoms with Crippen LogP contribution in [0.1, 0.15) is 0 Å². The van der Waals surface area contributed by atoms with Crippen molar-refractivity contribution >= 4 is 51.5 Å². The molecule has 0 saturated heterocycles. The molecule has 0 atom stereocenters. The van der Waals surface area contributed by atoms with E-state index in [1.807, 2.05) is 18.2 Å². The number of hydrogen-bond donors (Lipinski definition) is 1. The average molecular weight is 442 g/mol. The van der Waals surface area contributed by atoms with Gasteiger partial charge in [0, 0.05) is 24.1 Å². The number of nitrogens with one attached hydrogen (secondary N) is 1. The van der Waals surface area contributed by atoms with E-state index in [1.54, 1.807) is 37.6 Å². The normalized spacial score (nSPS) is 11.6. The zero-order valence-electron chi connectivity index (χ0n) is 13.7. The molecule has 0 aliphatic rings. The number of halogens is 2. The molecule has 0 bridgehead atoms. The molecular formula is C15H15BrClN6OP. The Balaban J connectivity index is 2.07. The van der Waals surface area contributed by atoms with Gasteiger partial charge in [-0.25, -0.2) is 9.97 Å². The zero-order chi connectivity index (χ0) is 18.2. The van der Waals surface area contributed by atoms with Gasteiger partial charge >= 0.3 is 0 Å². The van der Waals surface area contributed by atoms with Crippen LogP contribution in [0.5, 0.6) is 0 Å². The van der Waals surface area contributed by atoms with Gasteiger partial charge in [-0.15, -0.1) is 0 Å². The molecule has 0 aliphatic carbocycles. The van der Waals surface area contributed by atoms with Gasteiger partial charge < -0.3 is 9.88 Å². The van der Waals surface area contributed by atoms with E-state index in [9.17, 15) is 4.57 Å². The van der Waals surface area contributed by atoms with Gasteiger partial charge in [0.15, 0.2) is 5.82 Å². The second-order valence-corrected chi connectivity index (χ2v) is 10.2. The van der Waals surface area contributed by atoms with Crippen molar-refractivity contribution in [2.75, 3.05) is 18.6 Å². The van der Waals surface area contributed by atoms with Crippen molar-refractivity contribution in [3.8, 4) is 11.4 Å². The SMILES string of the molecule is Cn1cnc(-c2ccc(Nc3nc(Cl)ncc3Br)c(P(C)(C)=O)c2)n1. The molecule has 0 spiro atoms. The minimum absolute atomic E-state index is 0.123. The molecule has 0 unspecified atom stereocenters. The van der Waals surface area contributed by atoms with Crippen molar-refractivity contribution in [3.63, 3.8) is 0 Å². The van der Waals surface area contributed by atoms with Crippen molar-refractivity contribution in [1.82, 2.24) is 24.7 Å². The van der Waals surface area contributed by atoms with Gasteiger partial charge in [0.25, 0.3) is 0 Å². The van der Waals surface area contributed by atoms with Crippen LogP contribution >= 0.6 is 34.7 Å². The first-order valence-corrected chi connectivity index (χ1v) is 11.0. The van der Waals surface area contributed by atoms with E-state index in [-0.39, 0.29) is 5.28 Å². The fourth-order valence-electron chi connectivity index (χ4n) is 2.25. The first kappa shape index (κ1) is 18.0. The van der Waals surface area contributed by atoms with E-state index in [0.717, 1.165) is 5.56 Å². The quantitative estimate of drug-likeness (QED) is 0.491. The Labute approximate surface area is 158 Å². The Kier molecular flexibility index (Phi) is 4.95. The highest BCUT2D eigenvalue weighted by Crippen LogP contribution is 2.40. The number of rotatable bonds is 4. The molecule has 0 fully saturated rings. The highest BCUT2D eigenvalue weighted by Gasteiger charge is 2.19. The monoisotopic (exact) mass is 440 g/mol. The second-order valence-electron chi connectivity index (χ2n) is 5.79. The van der Waals surface area contributed by atoms with Crippen LogP contribution in [0, 0.1) is 0 Å². The topological polar surface area (TPSA) is 85.6 Å². The van der Waals surface area contributed by atoms with Crippen LogP contribution in [0.15, 0.2) is 35.2 Å². The van der Waals surface area contributed by atoms with Crippen molar-refractivity contribution in [3.05, 3.63) is 40.5 Å². The van der Waals surface area contributed by atoms with Crippen LogP contribution in [0.2, 0.25) is 5.28 Å². The Morgan fingerprint density at radius 3 is 2.68 bits per heavy atom. The molecular weight excluding hydrogens is 427 g/mol. The summed E-state index contributed by atoms with van der Waals surface area (Å²) in [6.45, 7) is 3.43. The summed E-state index contributed by atoms with van der Waals surface area (Å²) in [7, 11) is -0.777. The van der Waals surface area contributed by atoms with Crippen LogP contribution in [0.3, 0.4) is 0 Å². The summed E-state index contributed by atoms with van der Waals surface area (Å²) in [5.74, 6) is 1.08. The number of hydrogen-bond acceptors (Lipinski definition) is 6. The number of nitrogens with zero attached hydrogens (tertiary/aromatic N) is 5. The average Bonchev–Trinajstić information content (AvgIpc) is 2.97. The van der Waals surface area contributed by atoms with E-state index in [4.69, 9.17) is 11.6 Å². The van der Waals surface area contributed by atoms with Gasteiger partial charge in [-0.1, -0.05) is 0 Å². The maximum atomic E-state index is 12.8. The molecule has 0 saturated carbocycles. The summed E-state index contributed by atoms with van der Waals surface area (Å²) in [4.78, 5) is 12.3. The summed E-state index contributed by atoms with van der Waals surface area (Å²) in [6.07, 6.45) is 3.18. The molecule has 7 nitrogen and oxygen atoms in total. The van der Waals surface area contributed by atoms with E-state index in [1.165, 1.54) is 0 Å². The molecule has 1 aromatic carbocycles. The third kappa shape index (κ3) is 4.08. The van der Waals surface area contributed by atoms with Crippen LogP contribution in [0.25, 0.3) is 11.4 Å². The van der Waals surface area contributed by atoms with Crippen LogP contribution < -0.4 is 10.6 Å². The van der Waals surface area contributed by atoms with E-state index in [2.05, 4.69) is 41.3 Å². The van der Waals surface area contributed by atoms with E-state index >= 15 is 0 Å². The predicted octanol–water partition coefficient (Wildman–Crippen LogP) is 3.68. The lowest BCUT2D eigenvalue weighted by atomic mass is 10.2.